The topological polar surface area (TPSA) is 66.1 Å². The lowest BCUT2D eigenvalue weighted by Gasteiger charge is -2.27. The zero-order chi connectivity index (χ0) is 18.3. The molecule has 1 aromatic carbocycles. The molecule has 1 amide bonds. The van der Waals surface area contributed by atoms with Gasteiger partial charge in [-0.25, -0.2) is 13.8 Å². The van der Waals surface area contributed by atoms with Crippen LogP contribution in [0.1, 0.15) is 20.9 Å². The molecule has 0 saturated heterocycles. The van der Waals surface area contributed by atoms with E-state index in [1.54, 1.807) is 17.0 Å². The molecular weight excluding hydrogens is 360 g/mol. The van der Waals surface area contributed by atoms with Crippen LogP contribution in [0.5, 0.6) is 0 Å². The van der Waals surface area contributed by atoms with Gasteiger partial charge in [0.2, 0.25) is 0 Å². The zero-order valence-corrected chi connectivity index (χ0v) is 14.3. The van der Waals surface area contributed by atoms with Gasteiger partial charge in [0.1, 0.15) is 5.82 Å². The highest BCUT2D eigenvalue weighted by Gasteiger charge is 2.26. The van der Waals surface area contributed by atoms with E-state index < -0.39 is 11.6 Å². The first-order valence-electron chi connectivity index (χ1n) is 7.93. The number of aromatic nitrogens is 2. The van der Waals surface area contributed by atoms with Crippen LogP contribution in [0, 0.1) is 11.6 Å². The first-order chi connectivity index (χ1) is 12.5. The predicted molar refractivity (Wildman–Crippen MR) is 93.0 cm³/mol. The third-order valence-electron chi connectivity index (χ3n) is 4.28. The number of carbonyl (C=O) groups excluding carboxylic acids is 1. The van der Waals surface area contributed by atoms with Gasteiger partial charge in [-0.3, -0.25) is 9.59 Å². The Hall–Kier alpha value is -2.87. The molecule has 0 spiro atoms. The van der Waals surface area contributed by atoms with E-state index in [1.165, 1.54) is 17.4 Å². The molecule has 2 aromatic heterocycles. The molecule has 3 heterocycles. The lowest BCUT2D eigenvalue weighted by molar-refractivity contribution is 0.0737. The number of amides is 1. The van der Waals surface area contributed by atoms with Crippen molar-refractivity contribution < 1.29 is 13.6 Å². The Morgan fingerprint density at radius 1 is 1.23 bits per heavy atom. The number of hydrogen-bond acceptors (Lipinski definition) is 4. The highest BCUT2D eigenvalue weighted by Crippen LogP contribution is 2.22. The Morgan fingerprint density at radius 2 is 2.08 bits per heavy atom. The van der Waals surface area contributed by atoms with E-state index >= 15 is 0 Å². The van der Waals surface area contributed by atoms with Crippen molar-refractivity contribution in [3.8, 4) is 11.4 Å². The number of H-pyrrole nitrogens is 1. The summed E-state index contributed by atoms with van der Waals surface area (Å²) in [5.74, 6) is -1.90. The molecule has 0 fully saturated rings. The summed E-state index contributed by atoms with van der Waals surface area (Å²) in [7, 11) is 0. The van der Waals surface area contributed by atoms with Crippen LogP contribution in [0.3, 0.4) is 0 Å². The Labute approximate surface area is 150 Å². The minimum atomic E-state index is -1.00. The SMILES string of the molecule is O=C(c1cccs1)N1CCc2nc(-c3ccc(F)c(F)c3)[nH]c(=O)c2C1. The van der Waals surface area contributed by atoms with Crippen LogP contribution in [-0.4, -0.2) is 27.3 Å². The van der Waals surface area contributed by atoms with E-state index in [-0.39, 0.29) is 23.8 Å². The summed E-state index contributed by atoms with van der Waals surface area (Å²) < 4.78 is 26.5. The van der Waals surface area contributed by atoms with E-state index in [4.69, 9.17) is 0 Å². The van der Waals surface area contributed by atoms with Gasteiger partial charge in [0, 0.05) is 18.5 Å². The maximum atomic E-state index is 13.4. The number of benzene rings is 1. The number of nitrogens with one attached hydrogen (secondary N) is 1. The van der Waals surface area contributed by atoms with E-state index in [0.29, 0.717) is 34.7 Å². The van der Waals surface area contributed by atoms with E-state index in [0.717, 1.165) is 12.1 Å². The first kappa shape index (κ1) is 16.6. The zero-order valence-electron chi connectivity index (χ0n) is 13.5. The molecule has 0 bridgehead atoms. The van der Waals surface area contributed by atoms with Gasteiger partial charge in [0.25, 0.3) is 11.5 Å². The van der Waals surface area contributed by atoms with Crippen molar-refractivity contribution in [1.29, 1.82) is 0 Å². The summed E-state index contributed by atoms with van der Waals surface area (Å²) in [6, 6.07) is 6.90. The molecule has 3 aromatic rings. The molecular formula is C18H13F2N3O2S. The average molecular weight is 373 g/mol. The fourth-order valence-electron chi connectivity index (χ4n) is 2.93. The monoisotopic (exact) mass is 373 g/mol. The largest absolute Gasteiger partial charge is 0.333 e. The number of rotatable bonds is 2. The van der Waals surface area contributed by atoms with Crippen LogP contribution >= 0.6 is 11.3 Å². The van der Waals surface area contributed by atoms with E-state index in [1.807, 2.05) is 5.38 Å². The summed E-state index contributed by atoms with van der Waals surface area (Å²) in [4.78, 5) is 34.2. The summed E-state index contributed by atoms with van der Waals surface area (Å²) in [6.07, 6.45) is 0.424. The molecule has 1 aliphatic heterocycles. The quantitative estimate of drug-likeness (QED) is 0.751. The standard InChI is InChI=1S/C18H13F2N3O2S/c19-12-4-3-10(8-13(12)20)16-21-14-5-6-23(9-11(14)17(24)22-16)18(25)15-2-1-7-26-15/h1-4,7-8H,5-6,9H2,(H,21,22,24). The number of carbonyl (C=O) groups is 1. The van der Waals surface area contributed by atoms with Gasteiger partial charge in [-0.05, 0) is 29.6 Å². The third-order valence-corrected chi connectivity index (χ3v) is 5.14. The molecule has 26 heavy (non-hydrogen) atoms. The highest BCUT2D eigenvalue weighted by atomic mass is 32.1. The normalized spacial score (nSPS) is 13.5. The van der Waals surface area contributed by atoms with Crippen molar-refractivity contribution in [3.05, 3.63) is 73.8 Å². The summed E-state index contributed by atoms with van der Waals surface area (Å²) in [5.41, 5.74) is 0.913. The Morgan fingerprint density at radius 3 is 2.81 bits per heavy atom. The average Bonchev–Trinajstić information content (AvgIpc) is 3.18. The van der Waals surface area contributed by atoms with Crippen LogP contribution in [0.4, 0.5) is 8.78 Å². The molecule has 5 nitrogen and oxygen atoms in total. The molecule has 1 N–H and O–H groups in total. The molecule has 0 unspecified atom stereocenters. The summed E-state index contributed by atoms with van der Waals surface area (Å²) in [5, 5.41) is 1.83. The van der Waals surface area contributed by atoms with Gasteiger partial charge in [0.05, 0.1) is 22.7 Å². The van der Waals surface area contributed by atoms with Crippen LogP contribution < -0.4 is 5.56 Å². The van der Waals surface area contributed by atoms with Crippen molar-refractivity contribution in [3.63, 3.8) is 0 Å². The van der Waals surface area contributed by atoms with Crippen molar-refractivity contribution in [2.45, 2.75) is 13.0 Å². The molecule has 0 atom stereocenters. The number of fused-ring (bicyclic) bond motifs is 1. The molecule has 0 radical (unpaired) electrons. The molecule has 0 aliphatic carbocycles. The van der Waals surface area contributed by atoms with E-state index in [2.05, 4.69) is 9.97 Å². The smallest absolute Gasteiger partial charge is 0.264 e. The molecule has 0 saturated carbocycles. The second kappa shape index (κ2) is 6.45. The maximum absolute atomic E-state index is 13.4. The minimum Gasteiger partial charge on any atom is -0.333 e. The Kier molecular flexibility index (Phi) is 4.12. The van der Waals surface area contributed by atoms with Crippen molar-refractivity contribution in [2.75, 3.05) is 6.54 Å². The number of nitrogens with zero attached hydrogens (tertiary/aromatic N) is 2. The van der Waals surface area contributed by atoms with Crippen LogP contribution in [-0.2, 0) is 13.0 Å². The fraction of sp³-hybridized carbons (Fsp3) is 0.167. The van der Waals surface area contributed by atoms with Crippen LogP contribution in [0.15, 0.2) is 40.5 Å². The van der Waals surface area contributed by atoms with E-state index in [9.17, 15) is 18.4 Å². The highest BCUT2D eigenvalue weighted by molar-refractivity contribution is 7.12. The first-order valence-corrected chi connectivity index (χ1v) is 8.81. The second-order valence-corrected chi connectivity index (χ2v) is 6.87. The van der Waals surface area contributed by atoms with Gasteiger partial charge in [-0.2, -0.15) is 0 Å². The summed E-state index contributed by atoms with van der Waals surface area (Å²) in [6.45, 7) is 0.615. The molecule has 8 heteroatoms. The van der Waals surface area contributed by atoms with Crippen molar-refractivity contribution in [1.82, 2.24) is 14.9 Å². The molecule has 4 rings (SSSR count). The predicted octanol–water partition coefficient (Wildman–Crippen LogP) is 2.98. The van der Waals surface area contributed by atoms with Crippen LogP contribution in [0.25, 0.3) is 11.4 Å². The number of thiophene rings is 1. The van der Waals surface area contributed by atoms with Gasteiger partial charge in [-0.15, -0.1) is 11.3 Å². The van der Waals surface area contributed by atoms with Gasteiger partial charge >= 0.3 is 0 Å². The summed E-state index contributed by atoms with van der Waals surface area (Å²) >= 11 is 1.35. The Bertz CT molecular complexity index is 1050. The number of halogens is 2. The molecule has 1 aliphatic rings. The number of aromatic amines is 1. The lowest BCUT2D eigenvalue weighted by atomic mass is 10.1. The van der Waals surface area contributed by atoms with Crippen molar-refractivity contribution in [2.24, 2.45) is 0 Å². The molecule has 132 valence electrons. The van der Waals surface area contributed by atoms with Gasteiger partial charge in [-0.1, -0.05) is 6.07 Å². The minimum absolute atomic E-state index is 0.116. The Balaban J connectivity index is 1.66. The van der Waals surface area contributed by atoms with Gasteiger partial charge in [0.15, 0.2) is 11.6 Å². The third kappa shape index (κ3) is 2.92. The number of hydrogen-bond donors (Lipinski definition) is 1. The lowest BCUT2D eigenvalue weighted by Crippen LogP contribution is -2.39. The van der Waals surface area contributed by atoms with Crippen LogP contribution in [0.2, 0.25) is 0 Å². The fourth-order valence-corrected chi connectivity index (χ4v) is 3.63. The maximum Gasteiger partial charge on any atom is 0.264 e. The second-order valence-electron chi connectivity index (χ2n) is 5.92. The van der Waals surface area contributed by atoms with Gasteiger partial charge < -0.3 is 9.88 Å². The van der Waals surface area contributed by atoms with Crippen molar-refractivity contribution >= 4 is 17.2 Å².